The van der Waals surface area contributed by atoms with Crippen LogP contribution in [0, 0.1) is 0 Å². The van der Waals surface area contributed by atoms with Crippen LogP contribution in [-0.4, -0.2) is 155 Å². The molecule has 101 heavy (non-hydrogen) atoms. The lowest BCUT2D eigenvalue weighted by atomic mass is 10.1. The van der Waals surface area contributed by atoms with E-state index in [1.54, 1.807) is 6.08 Å². The van der Waals surface area contributed by atoms with Crippen molar-refractivity contribution >= 4 is 83.6 Å². The molecule has 592 valence electrons. The molecule has 0 aliphatic rings. The van der Waals surface area contributed by atoms with E-state index in [4.69, 9.17) is 71.5 Å². The fourth-order valence-electron chi connectivity index (χ4n) is 8.82. The molecule has 0 saturated carbocycles. The molecule has 0 aliphatic carbocycles. The zero-order valence-electron chi connectivity index (χ0n) is 60.9. The summed E-state index contributed by atoms with van der Waals surface area (Å²) in [4.78, 5) is 142. The highest BCUT2D eigenvalue weighted by atomic mass is 16.4. The van der Waals surface area contributed by atoms with E-state index in [9.17, 15) is 67.1 Å². The standard InChI is InChI=1S/7C10H18O4.C3H6/c7*11-9(12)7-5-3-1-2-4-6-8-10(13)14;1-3-2/h7*1-8H2,(H,11,12)(H,13,14);3H,1H2,2H3. The molecule has 28 heteroatoms. The van der Waals surface area contributed by atoms with Gasteiger partial charge in [0, 0.05) is 89.9 Å². The number of aliphatic carboxylic acids is 14. The summed E-state index contributed by atoms with van der Waals surface area (Å²) in [6.45, 7) is 5.25. The van der Waals surface area contributed by atoms with E-state index < -0.39 is 83.6 Å². The second kappa shape index (κ2) is 92.3. The van der Waals surface area contributed by atoms with Crippen LogP contribution in [0.4, 0.5) is 0 Å². The van der Waals surface area contributed by atoms with E-state index in [-0.39, 0.29) is 89.9 Å². The Morgan fingerprint density at radius 1 is 0.149 bits per heavy atom. The fraction of sp³-hybridized carbons (Fsp3) is 0.781. The van der Waals surface area contributed by atoms with Gasteiger partial charge in [-0.05, 0) is 96.8 Å². The number of unbranched alkanes of at least 4 members (excludes halogenated alkanes) is 35. The fourth-order valence-corrected chi connectivity index (χ4v) is 8.82. The third kappa shape index (κ3) is 157. The smallest absolute Gasteiger partial charge is 0.303 e. The first kappa shape index (κ1) is 109. The maximum Gasteiger partial charge on any atom is 0.303 e. The van der Waals surface area contributed by atoms with Crippen molar-refractivity contribution in [3.8, 4) is 0 Å². The van der Waals surface area contributed by atoms with Gasteiger partial charge in [-0.3, -0.25) is 67.1 Å². The molecule has 0 fully saturated rings. The second-order valence-corrected chi connectivity index (χ2v) is 24.3. The molecule has 0 rings (SSSR count). The van der Waals surface area contributed by atoms with E-state index in [1.165, 1.54) is 0 Å². The van der Waals surface area contributed by atoms with Crippen LogP contribution in [-0.2, 0) is 67.1 Å². The Kier molecular flexibility index (Phi) is 99.9. The third-order valence-electron chi connectivity index (χ3n) is 14.2. The summed E-state index contributed by atoms with van der Waals surface area (Å²) in [7, 11) is 0. The van der Waals surface area contributed by atoms with E-state index in [1.807, 2.05) is 6.92 Å². The molecule has 0 saturated heterocycles. The summed E-state index contributed by atoms with van der Waals surface area (Å²) in [5.74, 6) is -10.4. The Labute approximate surface area is 599 Å². The van der Waals surface area contributed by atoms with Crippen LogP contribution in [0.3, 0.4) is 0 Å². The van der Waals surface area contributed by atoms with Crippen molar-refractivity contribution < 1.29 is 139 Å². The minimum absolute atomic E-state index is 0.245. The van der Waals surface area contributed by atoms with E-state index in [2.05, 4.69) is 6.58 Å². The Balaban J connectivity index is -0.000000165. The lowest BCUT2D eigenvalue weighted by molar-refractivity contribution is -0.138. The number of rotatable bonds is 63. The maximum atomic E-state index is 10.1. The van der Waals surface area contributed by atoms with Crippen LogP contribution in [0.2, 0.25) is 0 Å². The van der Waals surface area contributed by atoms with Gasteiger partial charge in [0.25, 0.3) is 0 Å². The van der Waals surface area contributed by atoms with Crippen molar-refractivity contribution in [3.05, 3.63) is 12.7 Å². The van der Waals surface area contributed by atoms with Gasteiger partial charge in [-0.1, -0.05) is 186 Å². The minimum atomic E-state index is -0.740. The first-order chi connectivity index (χ1) is 47.8. The highest BCUT2D eigenvalue weighted by Gasteiger charge is 2.05. The van der Waals surface area contributed by atoms with Gasteiger partial charge in [-0.15, -0.1) is 6.58 Å². The lowest BCUT2D eigenvalue weighted by Gasteiger charge is -1.98. The predicted octanol–water partition coefficient (Wildman–Crippen LogP) is 17.1. The first-order valence-corrected chi connectivity index (χ1v) is 36.4. The van der Waals surface area contributed by atoms with Gasteiger partial charge in [0.15, 0.2) is 0 Å². The molecule has 0 atom stereocenters. The minimum Gasteiger partial charge on any atom is -0.481 e. The van der Waals surface area contributed by atoms with Crippen LogP contribution >= 0.6 is 0 Å². The molecule has 28 nitrogen and oxygen atoms in total. The molecule has 14 N–H and O–H groups in total. The molecule has 0 heterocycles. The molecule has 0 aromatic carbocycles. The van der Waals surface area contributed by atoms with Crippen molar-refractivity contribution in [2.75, 3.05) is 0 Å². The number of hydrogen-bond donors (Lipinski definition) is 14. The Morgan fingerprint density at radius 3 is 0.228 bits per heavy atom. The Hall–Kier alpha value is -7.68. The molecule has 0 amide bonds. The Morgan fingerprint density at radius 2 is 0.188 bits per heavy atom. The van der Waals surface area contributed by atoms with Gasteiger partial charge in [0.05, 0.1) is 0 Å². The van der Waals surface area contributed by atoms with Crippen LogP contribution in [0.25, 0.3) is 0 Å². The number of allylic oxidation sites excluding steroid dienone is 1. The zero-order valence-corrected chi connectivity index (χ0v) is 60.9. The summed E-state index contributed by atoms with van der Waals surface area (Å²) in [5.41, 5.74) is 0. The monoisotopic (exact) mass is 1460 g/mol. The van der Waals surface area contributed by atoms with Crippen molar-refractivity contribution in [2.45, 2.75) is 366 Å². The van der Waals surface area contributed by atoms with Gasteiger partial charge in [0.1, 0.15) is 0 Å². The van der Waals surface area contributed by atoms with Gasteiger partial charge in [0.2, 0.25) is 0 Å². The summed E-state index contributed by atoms with van der Waals surface area (Å²) < 4.78 is 0. The molecular weight excluding hydrogens is 1320 g/mol. The van der Waals surface area contributed by atoms with Crippen LogP contribution in [0.1, 0.15) is 366 Å². The van der Waals surface area contributed by atoms with Crippen LogP contribution < -0.4 is 0 Å². The van der Waals surface area contributed by atoms with Gasteiger partial charge in [-0.25, -0.2) is 0 Å². The quantitative estimate of drug-likeness (QED) is 0.0199. The average Bonchev–Trinajstić information content (AvgIpc) is 3.72. The largest absolute Gasteiger partial charge is 0.481 e. The van der Waals surface area contributed by atoms with Crippen molar-refractivity contribution in [3.63, 3.8) is 0 Å². The predicted molar refractivity (Wildman–Crippen MR) is 381 cm³/mol. The zero-order chi connectivity index (χ0) is 78.4. The maximum absolute atomic E-state index is 10.1. The summed E-state index contributed by atoms with van der Waals surface area (Å²) in [6.07, 6.45) is 42.5. The molecule has 0 aromatic heterocycles. The van der Waals surface area contributed by atoms with E-state index >= 15 is 0 Å². The van der Waals surface area contributed by atoms with Gasteiger partial charge >= 0.3 is 83.6 Å². The van der Waals surface area contributed by atoms with Crippen molar-refractivity contribution in [1.29, 1.82) is 0 Å². The summed E-state index contributed by atoms with van der Waals surface area (Å²) in [6, 6.07) is 0. The van der Waals surface area contributed by atoms with Gasteiger partial charge in [-0.2, -0.15) is 0 Å². The number of carboxylic acids is 14. The molecular formula is C73H132O28. The molecule has 0 aromatic rings. The molecule has 0 bridgehead atoms. The highest BCUT2D eigenvalue weighted by molar-refractivity contribution is 5.70. The second-order valence-electron chi connectivity index (χ2n) is 24.3. The molecule has 0 radical (unpaired) electrons. The first-order valence-electron chi connectivity index (χ1n) is 36.4. The molecule has 0 unspecified atom stereocenters. The number of hydrogen-bond acceptors (Lipinski definition) is 14. The molecule has 0 spiro atoms. The van der Waals surface area contributed by atoms with E-state index in [0.717, 1.165) is 270 Å². The highest BCUT2D eigenvalue weighted by Crippen LogP contribution is 2.14. The third-order valence-corrected chi connectivity index (χ3v) is 14.2. The number of carboxylic acid groups (broad SMARTS) is 14. The lowest BCUT2D eigenvalue weighted by Crippen LogP contribution is -1.94. The normalized spacial score (nSPS) is 9.83. The topological polar surface area (TPSA) is 522 Å². The van der Waals surface area contributed by atoms with Crippen molar-refractivity contribution in [1.82, 2.24) is 0 Å². The summed E-state index contributed by atoms with van der Waals surface area (Å²) in [5, 5.41) is 117. The Bertz CT molecular complexity index is 1540. The van der Waals surface area contributed by atoms with Crippen molar-refractivity contribution in [2.24, 2.45) is 0 Å². The summed E-state index contributed by atoms with van der Waals surface area (Å²) >= 11 is 0. The number of carbonyl (C=O) groups is 14. The van der Waals surface area contributed by atoms with Crippen LogP contribution in [0.15, 0.2) is 12.7 Å². The van der Waals surface area contributed by atoms with Gasteiger partial charge < -0.3 is 71.5 Å². The molecule has 0 aliphatic heterocycles. The average molecular weight is 1460 g/mol. The van der Waals surface area contributed by atoms with E-state index in [0.29, 0.717) is 0 Å². The van der Waals surface area contributed by atoms with Crippen LogP contribution in [0.5, 0.6) is 0 Å². The SMILES string of the molecule is C=CC.O=C(O)CCCCCCCCC(=O)O.O=C(O)CCCCCCCCC(=O)O.O=C(O)CCCCCCCCC(=O)O.O=C(O)CCCCCCCCC(=O)O.O=C(O)CCCCCCCCC(=O)O.O=C(O)CCCCCCCCC(=O)O.O=C(O)CCCCCCCCC(=O)O.